The van der Waals surface area contributed by atoms with Crippen LogP contribution in [0.15, 0.2) is 66.3 Å². The highest BCUT2D eigenvalue weighted by Crippen LogP contribution is 2.30. The molecule has 1 atom stereocenters. The van der Waals surface area contributed by atoms with Crippen molar-refractivity contribution in [2.75, 3.05) is 7.11 Å². The third kappa shape index (κ3) is 3.86. The number of carbonyl (C=O) groups excluding carboxylic acids is 1. The summed E-state index contributed by atoms with van der Waals surface area (Å²) in [6.45, 7) is 0.570. The third-order valence-corrected chi connectivity index (χ3v) is 4.78. The van der Waals surface area contributed by atoms with E-state index in [1.807, 2.05) is 70.9 Å². The van der Waals surface area contributed by atoms with Crippen LogP contribution in [-0.4, -0.2) is 17.6 Å². The fourth-order valence-electron chi connectivity index (χ4n) is 2.72. The smallest absolute Gasteiger partial charge is 0.222 e. The minimum atomic E-state index is -0.0977. The van der Waals surface area contributed by atoms with E-state index in [1.54, 1.807) is 18.4 Å². The van der Waals surface area contributed by atoms with Gasteiger partial charge in [0.05, 0.1) is 26.1 Å². The van der Waals surface area contributed by atoms with Gasteiger partial charge in [-0.1, -0.05) is 24.3 Å². The zero-order chi connectivity index (χ0) is 16.8. The highest BCUT2D eigenvalue weighted by Gasteiger charge is 2.20. The largest absolute Gasteiger partial charge is 0.496 e. The monoisotopic (exact) mass is 340 g/mol. The lowest BCUT2D eigenvalue weighted by molar-refractivity contribution is -0.121. The zero-order valence-electron chi connectivity index (χ0n) is 13.5. The Labute approximate surface area is 145 Å². The van der Waals surface area contributed by atoms with Gasteiger partial charge in [-0.25, -0.2) is 0 Å². The molecule has 3 rings (SSSR count). The first kappa shape index (κ1) is 16.3. The van der Waals surface area contributed by atoms with Crippen LogP contribution in [0.25, 0.3) is 0 Å². The number of benzene rings is 1. The van der Waals surface area contributed by atoms with E-state index in [4.69, 9.17) is 4.74 Å². The molecular formula is C19H20N2O2S. The lowest BCUT2D eigenvalue weighted by atomic mass is 10.0. The summed E-state index contributed by atoms with van der Waals surface area (Å²) in [5.41, 5.74) is 1.00. The molecule has 0 aliphatic rings. The third-order valence-electron chi connectivity index (χ3n) is 3.90. The van der Waals surface area contributed by atoms with E-state index >= 15 is 0 Å². The average molecular weight is 340 g/mol. The van der Waals surface area contributed by atoms with Crippen molar-refractivity contribution in [2.24, 2.45) is 0 Å². The van der Waals surface area contributed by atoms with Crippen LogP contribution >= 0.6 is 11.3 Å². The molecule has 0 fully saturated rings. The Morgan fingerprint density at radius 3 is 2.67 bits per heavy atom. The molecule has 2 heterocycles. The summed E-state index contributed by atoms with van der Waals surface area (Å²) in [7, 11) is 1.66. The minimum absolute atomic E-state index is 0.0213. The number of carbonyl (C=O) groups is 1. The van der Waals surface area contributed by atoms with E-state index in [1.165, 1.54) is 0 Å². The van der Waals surface area contributed by atoms with Gasteiger partial charge in [0.15, 0.2) is 0 Å². The predicted molar refractivity (Wildman–Crippen MR) is 96.3 cm³/mol. The average Bonchev–Trinajstić information content (AvgIpc) is 3.31. The second-order valence-electron chi connectivity index (χ2n) is 5.45. The maximum Gasteiger partial charge on any atom is 0.222 e. The summed E-state index contributed by atoms with van der Waals surface area (Å²) in [6, 6.07) is 15.7. The number of hydrogen-bond donors (Lipinski definition) is 1. The van der Waals surface area contributed by atoms with Crippen molar-refractivity contribution >= 4 is 17.2 Å². The number of para-hydroxylation sites is 1. The Morgan fingerprint density at radius 2 is 1.96 bits per heavy atom. The Bertz CT molecular complexity index is 767. The molecule has 4 nitrogen and oxygen atoms in total. The van der Waals surface area contributed by atoms with Crippen molar-refractivity contribution in [1.29, 1.82) is 0 Å². The fourth-order valence-corrected chi connectivity index (χ4v) is 3.36. The van der Waals surface area contributed by atoms with Crippen molar-refractivity contribution in [1.82, 2.24) is 9.88 Å². The molecular weight excluding hydrogens is 320 g/mol. The maximum absolute atomic E-state index is 12.5. The Balaban J connectivity index is 1.77. The number of ether oxygens (including phenoxy) is 1. The highest BCUT2D eigenvalue weighted by atomic mass is 32.1. The van der Waals surface area contributed by atoms with Gasteiger partial charge in [-0.15, -0.1) is 11.3 Å². The Kier molecular flexibility index (Phi) is 5.33. The molecule has 0 aliphatic heterocycles. The molecule has 0 saturated carbocycles. The molecule has 1 N–H and O–H groups in total. The van der Waals surface area contributed by atoms with Gasteiger partial charge < -0.3 is 14.6 Å². The molecule has 5 heteroatoms. The highest BCUT2D eigenvalue weighted by molar-refractivity contribution is 7.09. The number of methoxy groups -OCH3 is 1. The van der Waals surface area contributed by atoms with E-state index in [9.17, 15) is 4.79 Å². The van der Waals surface area contributed by atoms with Gasteiger partial charge in [-0.3, -0.25) is 4.79 Å². The summed E-state index contributed by atoms with van der Waals surface area (Å²) >= 11 is 1.64. The van der Waals surface area contributed by atoms with Crippen LogP contribution in [0.5, 0.6) is 5.75 Å². The fraction of sp³-hybridized carbons (Fsp3) is 0.211. The molecule has 3 aromatic rings. The Morgan fingerprint density at radius 1 is 1.17 bits per heavy atom. The standard InChI is InChI=1S/C19H20N2O2S/c1-23-18-9-3-2-8-16(18)17(21-10-4-5-11-21)13-19(22)20-14-15-7-6-12-24-15/h2-12,17H,13-14H2,1H3,(H,20,22)/t17-/m0/s1. The van der Waals surface area contributed by atoms with Crippen molar-refractivity contribution < 1.29 is 9.53 Å². The van der Waals surface area contributed by atoms with Crippen LogP contribution < -0.4 is 10.1 Å². The first-order chi connectivity index (χ1) is 11.8. The minimum Gasteiger partial charge on any atom is -0.496 e. The van der Waals surface area contributed by atoms with Crippen LogP contribution in [0.3, 0.4) is 0 Å². The first-order valence-corrected chi connectivity index (χ1v) is 8.70. The van der Waals surface area contributed by atoms with E-state index in [0.29, 0.717) is 13.0 Å². The summed E-state index contributed by atoms with van der Waals surface area (Å²) in [5, 5.41) is 5.01. The van der Waals surface area contributed by atoms with Gasteiger partial charge >= 0.3 is 0 Å². The van der Waals surface area contributed by atoms with Gasteiger partial charge in [0, 0.05) is 22.8 Å². The number of amides is 1. The lowest BCUT2D eigenvalue weighted by Gasteiger charge is -2.21. The first-order valence-electron chi connectivity index (χ1n) is 7.82. The predicted octanol–water partition coefficient (Wildman–Crippen LogP) is 3.85. The summed E-state index contributed by atoms with van der Waals surface area (Å²) in [4.78, 5) is 13.6. The number of nitrogens with one attached hydrogen (secondary N) is 1. The van der Waals surface area contributed by atoms with Crippen molar-refractivity contribution in [3.8, 4) is 5.75 Å². The number of aromatic nitrogens is 1. The maximum atomic E-state index is 12.5. The number of nitrogens with zero attached hydrogens (tertiary/aromatic N) is 1. The van der Waals surface area contributed by atoms with Crippen molar-refractivity contribution in [3.05, 3.63) is 76.7 Å². The van der Waals surface area contributed by atoms with E-state index in [-0.39, 0.29) is 11.9 Å². The molecule has 0 unspecified atom stereocenters. The second kappa shape index (κ2) is 7.84. The lowest BCUT2D eigenvalue weighted by Crippen LogP contribution is -2.26. The zero-order valence-corrected chi connectivity index (χ0v) is 14.3. The molecule has 124 valence electrons. The van der Waals surface area contributed by atoms with Crippen LogP contribution in [0.2, 0.25) is 0 Å². The van der Waals surface area contributed by atoms with Crippen molar-refractivity contribution in [2.45, 2.75) is 19.0 Å². The summed E-state index contributed by atoms with van der Waals surface area (Å²) in [5.74, 6) is 0.815. The molecule has 0 aliphatic carbocycles. The molecule has 1 amide bonds. The van der Waals surface area contributed by atoms with E-state index in [0.717, 1.165) is 16.2 Å². The van der Waals surface area contributed by atoms with Crippen LogP contribution in [0.4, 0.5) is 0 Å². The molecule has 2 aromatic heterocycles. The Hall–Kier alpha value is -2.53. The van der Waals surface area contributed by atoms with Crippen LogP contribution in [0.1, 0.15) is 22.9 Å². The SMILES string of the molecule is COc1ccccc1[C@H](CC(=O)NCc1cccs1)n1cccc1. The van der Waals surface area contributed by atoms with Crippen LogP contribution in [-0.2, 0) is 11.3 Å². The summed E-state index contributed by atoms with van der Waals surface area (Å²) < 4.78 is 7.53. The molecule has 0 saturated heterocycles. The number of thiophene rings is 1. The van der Waals surface area contributed by atoms with E-state index < -0.39 is 0 Å². The van der Waals surface area contributed by atoms with Gasteiger partial charge in [0.1, 0.15) is 5.75 Å². The van der Waals surface area contributed by atoms with Gasteiger partial charge in [0.2, 0.25) is 5.91 Å². The molecule has 0 spiro atoms. The molecule has 24 heavy (non-hydrogen) atoms. The van der Waals surface area contributed by atoms with Gasteiger partial charge in [-0.05, 0) is 29.6 Å². The number of hydrogen-bond acceptors (Lipinski definition) is 3. The van der Waals surface area contributed by atoms with Gasteiger partial charge in [-0.2, -0.15) is 0 Å². The molecule has 0 bridgehead atoms. The van der Waals surface area contributed by atoms with Crippen molar-refractivity contribution in [3.63, 3.8) is 0 Å². The topological polar surface area (TPSA) is 43.3 Å². The normalized spacial score (nSPS) is 11.9. The van der Waals surface area contributed by atoms with Gasteiger partial charge in [0.25, 0.3) is 0 Å². The molecule has 1 aromatic carbocycles. The van der Waals surface area contributed by atoms with Crippen LogP contribution in [0, 0.1) is 0 Å². The quantitative estimate of drug-likeness (QED) is 0.710. The summed E-state index contributed by atoms with van der Waals surface area (Å²) in [6.07, 6.45) is 4.31. The van der Waals surface area contributed by atoms with E-state index in [2.05, 4.69) is 5.32 Å². The second-order valence-corrected chi connectivity index (χ2v) is 6.48. The number of rotatable bonds is 7. The molecule has 0 radical (unpaired) electrons.